The first kappa shape index (κ1) is 35.2. The summed E-state index contributed by atoms with van der Waals surface area (Å²) in [4.78, 5) is 24.5. The van der Waals surface area contributed by atoms with Crippen LogP contribution in [0.15, 0.2) is 102 Å². The summed E-state index contributed by atoms with van der Waals surface area (Å²) in [5.74, 6) is -0.0831. The highest BCUT2D eigenvalue weighted by Crippen LogP contribution is 2.43. The Morgan fingerprint density at radius 3 is 2.19 bits per heavy atom. The summed E-state index contributed by atoms with van der Waals surface area (Å²) in [7, 11) is 0. The Morgan fingerprint density at radius 2 is 1.53 bits per heavy atom. The van der Waals surface area contributed by atoms with E-state index in [0.29, 0.717) is 5.75 Å². The Hall–Kier alpha value is -3.08. The van der Waals surface area contributed by atoms with E-state index in [-0.39, 0.29) is 37.2 Å². The van der Waals surface area contributed by atoms with E-state index in [1.165, 1.54) is 6.92 Å². The molecule has 1 fully saturated rings. The number of amides is 2. The lowest BCUT2D eigenvalue weighted by Crippen LogP contribution is -2.38. The Balaban J connectivity index is 1.37. The molecule has 1 aliphatic heterocycles. The maximum Gasteiger partial charge on any atom is 0.272 e. The van der Waals surface area contributed by atoms with Crippen LogP contribution in [0.1, 0.15) is 48.5 Å². The molecule has 3 N–H and O–H groups in total. The highest BCUT2D eigenvalue weighted by Gasteiger charge is 2.38. The van der Waals surface area contributed by atoms with Crippen LogP contribution in [0.3, 0.4) is 0 Å². The average molecular weight is 714 g/mol. The van der Waals surface area contributed by atoms with Crippen molar-refractivity contribution in [3.8, 4) is 11.1 Å². The van der Waals surface area contributed by atoms with Gasteiger partial charge in [0.05, 0.1) is 18.8 Å². The molecular formula is C36H35Cl3N2O5S. The van der Waals surface area contributed by atoms with E-state index in [2.05, 4.69) is 23.6 Å². The van der Waals surface area contributed by atoms with Gasteiger partial charge in [0.15, 0.2) is 6.29 Å². The first-order chi connectivity index (χ1) is 22.5. The molecule has 2 amide bonds. The molecule has 0 aliphatic carbocycles. The Morgan fingerprint density at radius 1 is 0.851 bits per heavy atom. The summed E-state index contributed by atoms with van der Waals surface area (Å²) in [6.45, 7) is 3.80. The fourth-order valence-electron chi connectivity index (χ4n) is 5.33. The van der Waals surface area contributed by atoms with Crippen molar-refractivity contribution in [2.45, 2.75) is 54.2 Å². The lowest BCUT2D eigenvalue weighted by atomic mass is 9.91. The van der Waals surface area contributed by atoms with Crippen LogP contribution in [0, 0.1) is 5.92 Å². The molecule has 4 aromatic rings. The summed E-state index contributed by atoms with van der Waals surface area (Å²) in [6.07, 6.45) is -1.03. The molecule has 7 nitrogen and oxygen atoms in total. The quantitative estimate of drug-likeness (QED) is 0.113. The Labute approximate surface area is 293 Å². The molecule has 0 saturated carbocycles. The molecule has 0 bridgehead atoms. The Kier molecular flexibility index (Phi) is 11.9. The predicted octanol–water partition coefficient (Wildman–Crippen LogP) is 8.37. The van der Waals surface area contributed by atoms with E-state index < -0.39 is 16.0 Å². The lowest BCUT2D eigenvalue weighted by molar-refractivity contribution is -0.268. The summed E-state index contributed by atoms with van der Waals surface area (Å²) in [6, 6.07) is 31.4. The third-order valence-electron chi connectivity index (χ3n) is 7.84. The maximum absolute atomic E-state index is 12.0. The Bertz CT molecular complexity index is 1680. The summed E-state index contributed by atoms with van der Waals surface area (Å²) >= 11 is 18.8. The van der Waals surface area contributed by atoms with E-state index in [1.807, 2.05) is 91.0 Å². The normalized spacial score (nSPS) is 19.6. The molecule has 1 heterocycles. The van der Waals surface area contributed by atoms with Crippen LogP contribution in [0.2, 0.25) is 0 Å². The molecule has 11 heteroatoms. The number of nitrogens with one attached hydrogen (secondary N) is 2. The van der Waals surface area contributed by atoms with Gasteiger partial charge in [-0.05, 0) is 64.2 Å². The van der Waals surface area contributed by atoms with Crippen LogP contribution < -0.4 is 10.6 Å². The minimum absolute atomic E-state index is 0.0274. The van der Waals surface area contributed by atoms with Crippen LogP contribution in [0.4, 0.5) is 5.69 Å². The fourth-order valence-corrected chi connectivity index (χ4v) is 6.60. The zero-order valence-electron chi connectivity index (χ0n) is 25.8. The van der Waals surface area contributed by atoms with Gasteiger partial charge in [0, 0.05) is 41.3 Å². The van der Waals surface area contributed by atoms with Crippen LogP contribution in [-0.4, -0.2) is 32.6 Å². The molecule has 0 aromatic heterocycles. The van der Waals surface area contributed by atoms with Gasteiger partial charge in [0.2, 0.25) is 5.91 Å². The first-order valence-electron chi connectivity index (χ1n) is 15.1. The number of hydrogen-bond acceptors (Lipinski definition) is 6. The largest absolute Gasteiger partial charge is 0.392 e. The molecule has 4 aromatic carbocycles. The molecule has 0 spiro atoms. The summed E-state index contributed by atoms with van der Waals surface area (Å²) in [5.41, 5.74) is 6.22. The van der Waals surface area contributed by atoms with Crippen molar-refractivity contribution in [1.29, 1.82) is 0 Å². The van der Waals surface area contributed by atoms with Crippen LogP contribution in [-0.2, 0) is 32.2 Å². The smallest absolute Gasteiger partial charge is 0.272 e. The predicted molar refractivity (Wildman–Crippen MR) is 188 cm³/mol. The second-order valence-corrected chi connectivity index (χ2v) is 14.7. The number of alkyl halides is 3. The number of carbonyl (C=O) groups excluding carboxylic acids is 2. The highest BCUT2D eigenvalue weighted by molar-refractivity contribution is 7.99. The molecule has 0 radical (unpaired) electrons. The molecule has 47 heavy (non-hydrogen) atoms. The van der Waals surface area contributed by atoms with Crippen LogP contribution in [0.25, 0.3) is 11.1 Å². The van der Waals surface area contributed by atoms with Crippen molar-refractivity contribution in [2.75, 3.05) is 11.1 Å². The van der Waals surface area contributed by atoms with Gasteiger partial charge >= 0.3 is 0 Å². The third kappa shape index (κ3) is 9.51. The second-order valence-electron chi connectivity index (χ2n) is 11.3. The van der Waals surface area contributed by atoms with Gasteiger partial charge in [-0.3, -0.25) is 9.59 Å². The number of hydrogen-bond donors (Lipinski definition) is 3. The summed E-state index contributed by atoms with van der Waals surface area (Å²) < 4.78 is 11.3. The van der Waals surface area contributed by atoms with Gasteiger partial charge in [-0.2, -0.15) is 0 Å². The van der Waals surface area contributed by atoms with E-state index in [1.54, 1.807) is 11.8 Å². The minimum Gasteiger partial charge on any atom is -0.392 e. The maximum atomic E-state index is 12.0. The van der Waals surface area contributed by atoms with Crippen molar-refractivity contribution in [3.05, 3.63) is 119 Å². The molecule has 4 unspecified atom stereocenters. The van der Waals surface area contributed by atoms with Crippen molar-refractivity contribution in [2.24, 2.45) is 5.92 Å². The second kappa shape index (κ2) is 15.9. The average Bonchev–Trinajstić information content (AvgIpc) is 3.07. The van der Waals surface area contributed by atoms with E-state index in [0.717, 1.165) is 44.0 Å². The molecule has 1 aliphatic rings. The van der Waals surface area contributed by atoms with E-state index >= 15 is 0 Å². The zero-order chi connectivity index (χ0) is 33.6. The van der Waals surface area contributed by atoms with E-state index in [4.69, 9.17) is 44.3 Å². The van der Waals surface area contributed by atoms with Crippen LogP contribution >= 0.6 is 46.6 Å². The molecular weight excluding hydrogens is 679 g/mol. The van der Waals surface area contributed by atoms with Crippen molar-refractivity contribution >= 4 is 64.1 Å². The number of rotatable bonds is 10. The standard InChI is InChI=1S/C36H35Cl3N2O5S/c1-22-32(21-47-31-15-13-30(14-16-31)41-23(2)43)45-34(46-33(22)26-11-9-24(20-42)10-12-26)29-8-4-7-28(18-29)27-6-3-5-25(17-27)19-40-35(44)36(37,38)39/h3-18,22,32-34,42H,19-21H2,1-2H3,(H,40,44)(H,41,43). The van der Waals surface area contributed by atoms with Crippen molar-refractivity contribution in [1.82, 2.24) is 5.32 Å². The van der Waals surface area contributed by atoms with Crippen molar-refractivity contribution in [3.63, 3.8) is 0 Å². The van der Waals surface area contributed by atoms with Gasteiger partial charge in [0.1, 0.15) is 0 Å². The van der Waals surface area contributed by atoms with Crippen LogP contribution in [0.5, 0.6) is 0 Å². The highest BCUT2D eigenvalue weighted by atomic mass is 35.6. The lowest BCUT2D eigenvalue weighted by Gasteiger charge is -2.41. The van der Waals surface area contributed by atoms with Gasteiger partial charge < -0.3 is 25.2 Å². The number of anilines is 1. The van der Waals surface area contributed by atoms with Gasteiger partial charge in [-0.25, -0.2) is 0 Å². The van der Waals surface area contributed by atoms with E-state index in [9.17, 15) is 14.7 Å². The number of thioether (sulfide) groups is 1. The SMILES string of the molecule is CC(=O)Nc1ccc(SCC2OC(c3cccc(-c4cccc(CNC(=O)C(Cl)(Cl)Cl)c4)c3)OC(c3ccc(CO)cc3)C2C)cc1. The van der Waals surface area contributed by atoms with Crippen molar-refractivity contribution < 1.29 is 24.2 Å². The minimum atomic E-state index is -2.03. The third-order valence-corrected chi connectivity index (χ3v) is 9.46. The molecule has 5 rings (SSSR count). The first-order valence-corrected chi connectivity index (χ1v) is 17.2. The zero-order valence-corrected chi connectivity index (χ0v) is 28.9. The molecule has 4 atom stereocenters. The summed E-state index contributed by atoms with van der Waals surface area (Å²) in [5, 5.41) is 15.0. The number of aliphatic hydroxyl groups excluding tert-OH is 1. The molecule has 1 saturated heterocycles. The van der Waals surface area contributed by atoms with Gasteiger partial charge in [-0.15, -0.1) is 11.8 Å². The number of benzene rings is 4. The number of aliphatic hydroxyl groups is 1. The molecule has 246 valence electrons. The number of carbonyl (C=O) groups is 2. The fraction of sp³-hybridized carbons (Fsp3) is 0.278. The monoisotopic (exact) mass is 712 g/mol. The van der Waals surface area contributed by atoms with Gasteiger partial charge in [-0.1, -0.05) is 102 Å². The topological polar surface area (TPSA) is 96.9 Å². The number of ether oxygens (including phenoxy) is 2. The van der Waals surface area contributed by atoms with Gasteiger partial charge in [0.25, 0.3) is 9.70 Å². The number of halogens is 3.